The molecule has 0 heterocycles. The van der Waals surface area contributed by atoms with Crippen LogP contribution in [0.5, 0.6) is 0 Å². The van der Waals surface area contributed by atoms with Crippen LogP contribution in [0.25, 0.3) is 0 Å². The van der Waals surface area contributed by atoms with Crippen LogP contribution in [0.4, 0.5) is 32.0 Å². The number of anilines is 1. The Kier molecular flexibility index (Phi) is 6.52. The molecular weight excluding hydrogens is 478 g/mol. The van der Waals surface area contributed by atoms with Crippen molar-refractivity contribution >= 4 is 21.6 Å². The lowest BCUT2D eigenvalue weighted by atomic mass is 9.92. The van der Waals surface area contributed by atoms with Crippen molar-refractivity contribution in [2.45, 2.75) is 48.2 Å². The largest absolute Gasteiger partial charge is 0.430 e. The van der Waals surface area contributed by atoms with Crippen molar-refractivity contribution in [3.05, 3.63) is 59.7 Å². The Morgan fingerprint density at radius 2 is 1.42 bits per heavy atom. The monoisotopic (exact) mass is 496 g/mol. The number of nitrogens with one attached hydrogen (secondary N) is 2. The van der Waals surface area contributed by atoms with Crippen LogP contribution in [0.15, 0.2) is 53.4 Å². The van der Waals surface area contributed by atoms with Crippen molar-refractivity contribution < 1.29 is 44.7 Å². The second kappa shape index (κ2) is 8.61. The third-order valence-electron chi connectivity index (χ3n) is 4.90. The van der Waals surface area contributed by atoms with Crippen molar-refractivity contribution in [3.8, 4) is 0 Å². The lowest BCUT2D eigenvalue weighted by Crippen LogP contribution is -2.53. The zero-order valence-electron chi connectivity index (χ0n) is 16.7. The summed E-state index contributed by atoms with van der Waals surface area (Å²) in [4.78, 5) is 12.2. The Bertz CT molecular complexity index is 1100. The Labute approximate surface area is 184 Å². The number of rotatable bonds is 7. The summed E-state index contributed by atoms with van der Waals surface area (Å²) in [5.41, 5.74) is -6.17. The molecule has 6 nitrogen and oxygen atoms in total. The van der Waals surface area contributed by atoms with E-state index >= 15 is 0 Å². The zero-order valence-corrected chi connectivity index (χ0v) is 17.5. The van der Waals surface area contributed by atoms with Crippen molar-refractivity contribution in [1.82, 2.24) is 4.72 Å². The standard InChI is InChI=1S/C20H18F6N2O4S/c21-19(22,23)18(30,20(24,25)26)13-3-5-14(6-4-13)27-17(29)11-12-1-9-16(10-2-12)33(31,32)28-15-7-8-15/h1-6,9-10,15,28,30H,7-8,11H2,(H,27,29). The van der Waals surface area contributed by atoms with Crippen LogP contribution >= 0.6 is 0 Å². The Hall–Kier alpha value is -2.64. The molecule has 2 aromatic rings. The number of benzene rings is 2. The molecular formula is C20H18F6N2O4S. The highest BCUT2D eigenvalue weighted by molar-refractivity contribution is 7.89. The predicted octanol–water partition coefficient (Wildman–Crippen LogP) is 3.62. The lowest BCUT2D eigenvalue weighted by molar-refractivity contribution is -0.376. The lowest BCUT2D eigenvalue weighted by Gasteiger charge is -2.32. The van der Waals surface area contributed by atoms with Crippen LogP contribution in [0.3, 0.4) is 0 Å². The van der Waals surface area contributed by atoms with Gasteiger partial charge in [0.1, 0.15) is 0 Å². The van der Waals surface area contributed by atoms with Crippen LogP contribution in [0.1, 0.15) is 24.0 Å². The van der Waals surface area contributed by atoms with Crippen LogP contribution in [-0.4, -0.2) is 37.8 Å². The Morgan fingerprint density at radius 3 is 1.88 bits per heavy atom. The number of alkyl halides is 6. The summed E-state index contributed by atoms with van der Waals surface area (Å²) < 4.78 is 104. The number of hydrogen-bond acceptors (Lipinski definition) is 4. The molecule has 1 amide bonds. The van der Waals surface area contributed by atoms with E-state index in [4.69, 9.17) is 0 Å². The Balaban J connectivity index is 1.66. The summed E-state index contributed by atoms with van der Waals surface area (Å²) >= 11 is 0. The van der Waals surface area contributed by atoms with Gasteiger partial charge in [-0.05, 0) is 42.7 Å². The van der Waals surface area contributed by atoms with Gasteiger partial charge >= 0.3 is 12.4 Å². The van der Waals surface area contributed by atoms with Gasteiger partial charge in [-0.15, -0.1) is 0 Å². The van der Waals surface area contributed by atoms with Gasteiger partial charge in [-0.2, -0.15) is 26.3 Å². The number of carbonyl (C=O) groups excluding carboxylic acids is 1. The fourth-order valence-corrected chi connectivity index (χ4v) is 4.25. The average molecular weight is 496 g/mol. The van der Waals surface area contributed by atoms with Gasteiger partial charge in [0.25, 0.3) is 5.60 Å². The molecule has 0 saturated heterocycles. The van der Waals surface area contributed by atoms with Crippen LogP contribution in [0.2, 0.25) is 0 Å². The van der Waals surface area contributed by atoms with E-state index in [0.717, 1.165) is 25.0 Å². The van der Waals surface area contributed by atoms with Gasteiger partial charge in [0.05, 0.1) is 11.3 Å². The van der Waals surface area contributed by atoms with E-state index in [9.17, 15) is 44.7 Å². The van der Waals surface area contributed by atoms with E-state index < -0.39 is 39.4 Å². The molecule has 1 aliphatic carbocycles. The van der Waals surface area contributed by atoms with Crippen molar-refractivity contribution in [2.75, 3.05) is 5.32 Å². The van der Waals surface area contributed by atoms with Gasteiger partial charge in [-0.3, -0.25) is 4.79 Å². The minimum Gasteiger partial charge on any atom is -0.369 e. The number of halogens is 6. The summed E-state index contributed by atoms with van der Waals surface area (Å²) in [5, 5.41) is 11.7. The summed E-state index contributed by atoms with van der Waals surface area (Å²) in [7, 11) is -3.66. The van der Waals surface area contributed by atoms with Gasteiger partial charge in [-0.25, -0.2) is 13.1 Å². The quantitative estimate of drug-likeness (QED) is 0.511. The van der Waals surface area contributed by atoms with Gasteiger partial charge in [0, 0.05) is 17.3 Å². The first-order valence-electron chi connectivity index (χ1n) is 9.51. The first-order chi connectivity index (χ1) is 15.1. The third kappa shape index (κ3) is 5.47. The maximum atomic E-state index is 12.9. The SMILES string of the molecule is O=C(Cc1ccc(S(=O)(=O)NC2CC2)cc1)Nc1ccc(C(O)(C(F)(F)F)C(F)(F)F)cc1. The minimum atomic E-state index is -6.01. The summed E-state index contributed by atoms with van der Waals surface area (Å²) in [6.07, 6.45) is -10.7. The molecule has 1 saturated carbocycles. The number of amides is 1. The first-order valence-corrected chi connectivity index (χ1v) is 11.0. The van der Waals surface area contributed by atoms with E-state index in [0.29, 0.717) is 17.7 Å². The first kappa shape index (κ1) is 25.0. The number of sulfonamides is 1. The second-order valence-electron chi connectivity index (χ2n) is 7.55. The molecule has 0 radical (unpaired) electrons. The van der Waals surface area contributed by atoms with E-state index in [-0.39, 0.29) is 23.0 Å². The zero-order chi connectivity index (χ0) is 24.7. The van der Waals surface area contributed by atoms with E-state index in [1.54, 1.807) is 0 Å². The fraction of sp³-hybridized carbons (Fsp3) is 0.350. The predicted molar refractivity (Wildman–Crippen MR) is 105 cm³/mol. The molecule has 3 N–H and O–H groups in total. The molecule has 13 heteroatoms. The smallest absolute Gasteiger partial charge is 0.369 e. The van der Waals surface area contributed by atoms with Crippen LogP contribution in [-0.2, 0) is 26.8 Å². The average Bonchev–Trinajstić information content (AvgIpc) is 3.50. The molecule has 3 rings (SSSR count). The minimum absolute atomic E-state index is 0.0240. The summed E-state index contributed by atoms with van der Waals surface area (Å²) in [5.74, 6) is -0.642. The van der Waals surface area contributed by atoms with Crippen molar-refractivity contribution in [2.24, 2.45) is 0 Å². The second-order valence-corrected chi connectivity index (χ2v) is 9.26. The molecule has 180 valence electrons. The number of aliphatic hydroxyl groups is 1. The molecule has 0 aromatic heterocycles. The van der Waals surface area contributed by atoms with Crippen molar-refractivity contribution in [3.63, 3.8) is 0 Å². The molecule has 0 unspecified atom stereocenters. The fourth-order valence-electron chi connectivity index (χ4n) is 2.95. The van der Waals surface area contributed by atoms with Gasteiger partial charge in [-0.1, -0.05) is 24.3 Å². The molecule has 0 atom stereocenters. The summed E-state index contributed by atoms with van der Waals surface area (Å²) in [6.45, 7) is 0. The topological polar surface area (TPSA) is 95.5 Å². The normalized spacial score (nSPS) is 15.4. The molecule has 0 spiro atoms. The third-order valence-corrected chi connectivity index (χ3v) is 6.44. The van der Waals surface area contributed by atoms with E-state index in [1.807, 2.05) is 0 Å². The van der Waals surface area contributed by atoms with Crippen LogP contribution in [0, 0.1) is 0 Å². The van der Waals surface area contributed by atoms with Gasteiger partial charge in [0.15, 0.2) is 0 Å². The highest BCUT2D eigenvalue weighted by Gasteiger charge is 2.71. The Morgan fingerprint density at radius 1 is 0.909 bits per heavy atom. The van der Waals surface area contributed by atoms with Gasteiger partial charge < -0.3 is 10.4 Å². The number of hydrogen-bond donors (Lipinski definition) is 3. The van der Waals surface area contributed by atoms with E-state index in [2.05, 4.69) is 10.0 Å². The molecule has 1 aliphatic rings. The molecule has 1 fully saturated rings. The molecule has 33 heavy (non-hydrogen) atoms. The van der Waals surface area contributed by atoms with Crippen LogP contribution < -0.4 is 10.0 Å². The molecule has 2 aromatic carbocycles. The highest BCUT2D eigenvalue weighted by atomic mass is 32.2. The number of carbonyl (C=O) groups is 1. The van der Waals surface area contributed by atoms with Crippen molar-refractivity contribution in [1.29, 1.82) is 0 Å². The maximum absolute atomic E-state index is 12.9. The molecule has 0 bridgehead atoms. The summed E-state index contributed by atoms with van der Waals surface area (Å²) in [6, 6.07) is 7.83. The molecule has 0 aliphatic heterocycles. The maximum Gasteiger partial charge on any atom is 0.430 e. The van der Waals surface area contributed by atoms with Gasteiger partial charge in [0.2, 0.25) is 15.9 Å². The highest BCUT2D eigenvalue weighted by Crippen LogP contribution is 2.50. The van der Waals surface area contributed by atoms with E-state index in [1.165, 1.54) is 24.3 Å².